The van der Waals surface area contributed by atoms with E-state index in [1.54, 1.807) is 7.11 Å². The minimum Gasteiger partial charge on any atom is -0.382 e. The van der Waals surface area contributed by atoms with Gasteiger partial charge in [-0.2, -0.15) is 0 Å². The molecule has 0 aromatic rings. The Kier molecular flexibility index (Phi) is 6.37. The van der Waals surface area contributed by atoms with Crippen LogP contribution in [0.5, 0.6) is 0 Å². The van der Waals surface area contributed by atoms with E-state index in [4.69, 9.17) is 9.47 Å². The summed E-state index contributed by atoms with van der Waals surface area (Å²) in [5.74, 6) is 0.0756. The highest BCUT2D eigenvalue weighted by atomic mass is 16.5. The quantitative estimate of drug-likeness (QED) is 0.714. The molecule has 1 aliphatic rings. The highest BCUT2D eigenvalue weighted by Crippen LogP contribution is 1.98. The van der Waals surface area contributed by atoms with Gasteiger partial charge >= 0.3 is 0 Å². The highest BCUT2D eigenvalue weighted by molar-refractivity contribution is 5.77. The van der Waals surface area contributed by atoms with E-state index in [0.29, 0.717) is 6.61 Å². The Hall–Kier alpha value is -0.650. The van der Waals surface area contributed by atoms with Crippen LogP contribution in [0.3, 0.4) is 0 Å². The monoisotopic (exact) mass is 230 g/mol. The molecule has 1 fully saturated rings. The van der Waals surface area contributed by atoms with Crippen LogP contribution in [0.1, 0.15) is 13.3 Å². The number of nitrogens with one attached hydrogen (secondary N) is 1. The largest absolute Gasteiger partial charge is 0.382 e. The lowest BCUT2D eigenvalue weighted by atomic mass is 10.4. The number of hydrogen-bond acceptors (Lipinski definition) is 4. The molecule has 0 aromatic heterocycles. The third-order valence-electron chi connectivity index (χ3n) is 2.59. The zero-order valence-electron chi connectivity index (χ0n) is 10.2. The van der Waals surface area contributed by atoms with Crippen molar-refractivity contribution >= 4 is 5.91 Å². The molecule has 0 aliphatic carbocycles. The molecule has 0 aromatic carbocycles. The summed E-state index contributed by atoms with van der Waals surface area (Å²) in [6.45, 7) is 6.05. The smallest absolute Gasteiger partial charge is 0.248 e. The first kappa shape index (κ1) is 13.4. The molecule has 94 valence electrons. The predicted molar refractivity (Wildman–Crippen MR) is 61.4 cm³/mol. The van der Waals surface area contributed by atoms with Crippen molar-refractivity contribution in [1.82, 2.24) is 10.2 Å². The molecule has 1 rings (SSSR count). The van der Waals surface area contributed by atoms with E-state index in [0.717, 1.165) is 32.6 Å². The van der Waals surface area contributed by atoms with Crippen LogP contribution in [-0.4, -0.2) is 63.4 Å². The number of rotatable bonds is 5. The van der Waals surface area contributed by atoms with E-state index in [-0.39, 0.29) is 18.6 Å². The van der Waals surface area contributed by atoms with Crippen molar-refractivity contribution in [3.05, 3.63) is 0 Å². The van der Waals surface area contributed by atoms with Crippen LogP contribution >= 0.6 is 0 Å². The molecule has 5 nitrogen and oxygen atoms in total. The van der Waals surface area contributed by atoms with Gasteiger partial charge in [0.2, 0.25) is 5.91 Å². The zero-order valence-corrected chi connectivity index (χ0v) is 10.2. The molecule has 0 saturated carbocycles. The predicted octanol–water partition coefficient (Wildman–Crippen LogP) is -0.140. The minimum atomic E-state index is -0.0287. The summed E-state index contributed by atoms with van der Waals surface area (Å²) in [6, 6.07) is 0. The first-order valence-corrected chi connectivity index (χ1v) is 5.83. The molecule has 5 heteroatoms. The molecule has 1 N–H and O–H groups in total. The van der Waals surface area contributed by atoms with Crippen molar-refractivity contribution in [2.75, 3.05) is 46.5 Å². The SMILES string of the molecule is COCC(C)OCC(=O)N1CCCNCC1. The van der Waals surface area contributed by atoms with E-state index in [1.165, 1.54) is 0 Å². The van der Waals surface area contributed by atoms with Gasteiger partial charge in [0.1, 0.15) is 6.61 Å². The Morgan fingerprint density at radius 3 is 3.00 bits per heavy atom. The molecular formula is C11H22N2O3. The first-order chi connectivity index (χ1) is 7.74. The normalized spacial score (nSPS) is 19.2. The Balaban J connectivity index is 2.22. The maximum atomic E-state index is 11.8. The van der Waals surface area contributed by atoms with Gasteiger partial charge in [-0.05, 0) is 19.9 Å². The van der Waals surface area contributed by atoms with E-state index >= 15 is 0 Å². The van der Waals surface area contributed by atoms with Crippen LogP contribution in [0.15, 0.2) is 0 Å². The molecule has 1 saturated heterocycles. The van der Waals surface area contributed by atoms with Crippen molar-refractivity contribution in [3.8, 4) is 0 Å². The van der Waals surface area contributed by atoms with Crippen LogP contribution in [0.2, 0.25) is 0 Å². The second-order valence-electron chi connectivity index (χ2n) is 4.06. The highest BCUT2D eigenvalue weighted by Gasteiger charge is 2.16. The number of carbonyl (C=O) groups excluding carboxylic acids is 1. The average molecular weight is 230 g/mol. The van der Waals surface area contributed by atoms with Crippen molar-refractivity contribution in [1.29, 1.82) is 0 Å². The van der Waals surface area contributed by atoms with Gasteiger partial charge in [-0.15, -0.1) is 0 Å². The Bertz CT molecular complexity index is 203. The van der Waals surface area contributed by atoms with Gasteiger partial charge in [0.25, 0.3) is 0 Å². The number of carbonyl (C=O) groups is 1. The minimum absolute atomic E-state index is 0.0287. The maximum absolute atomic E-state index is 11.8. The molecule has 1 aliphatic heterocycles. The number of ether oxygens (including phenoxy) is 2. The summed E-state index contributed by atoms with van der Waals surface area (Å²) < 4.78 is 10.3. The first-order valence-electron chi connectivity index (χ1n) is 5.83. The summed E-state index contributed by atoms with van der Waals surface area (Å²) in [4.78, 5) is 13.7. The van der Waals surface area contributed by atoms with Crippen molar-refractivity contribution in [2.24, 2.45) is 0 Å². The van der Waals surface area contributed by atoms with Crippen LogP contribution in [0, 0.1) is 0 Å². The Morgan fingerprint density at radius 2 is 2.25 bits per heavy atom. The molecule has 16 heavy (non-hydrogen) atoms. The van der Waals surface area contributed by atoms with Gasteiger partial charge in [-0.1, -0.05) is 0 Å². The zero-order chi connectivity index (χ0) is 11.8. The van der Waals surface area contributed by atoms with E-state index in [9.17, 15) is 4.79 Å². The second kappa shape index (κ2) is 7.60. The molecule has 1 heterocycles. The molecule has 0 radical (unpaired) electrons. The molecule has 0 spiro atoms. The molecule has 1 atom stereocenters. The third-order valence-corrected chi connectivity index (χ3v) is 2.59. The van der Waals surface area contributed by atoms with E-state index < -0.39 is 0 Å². The fourth-order valence-corrected chi connectivity index (χ4v) is 1.68. The molecular weight excluding hydrogens is 208 g/mol. The summed E-state index contributed by atoms with van der Waals surface area (Å²) in [5.41, 5.74) is 0. The molecule has 0 bridgehead atoms. The van der Waals surface area contributed by atoms with Gasteiger partial charge in [0, 0.05) is 26.7 Å². The average Bonchev–Trinajstić information content (AvgIpc) is 2.55. The summed E-state index contributed by atoms with van der Waals surface area (Å²) >= 11 is 0. The van der Waals surface area contributed by atoms with Crippen molar-refractivity contribution in [3.63, 3.8) is 0 Å². The van der Waals surface area contributed by atoms with Crippen LogP contribution in [0.25, 0.3) is 0 Å². The van der Waals surface area contributed by atoms with Gasteiger partial charge in [-0.3, -0.25) is 4.79 Å². The number of hydrogen-bond donors (Lipinski definition) is 1. The van der Waals surface area contributed by atoms with Crippen molar-refractivity contribution < 1.29 is 14.3 Å². The van der Waals surface area contributed by atoms with E-state index in [1.807, 2.05) is 11.8 Å². The maximum Gasteiger partial charge on any atom is 0.248 e. The van der Waals surface area contributed by atoms with Crippen molar-refractivity contribution in [2.45, 2.75) is 19.4 Å². The lowest BCUT2D eigenvalue weighted by Gasteiger charge is -2.21. The summed E-state index contributed by atoms with van der Waals surface area (Å²) in [7, 11) is 1.63. The third kappa shape index (κ3) is 4.92. The lowest BCUT2D eigenvalue weighted by Crippen LogP contribution is -2.37. The number of amides is 1. The van der Waals surface area contributed by atoms with Gasteiger partial charge in [0.15, 0.2) is 0 Å². The van der Waals surface area contributed by atoms with Gasteiger partial charge < -0.3 is 19.7 Å². The number of methoxy groups -OCH3 is 1. The van der Waals surface area contributed by atoms with E-state index in [2.05, 4.69) is 5.32 Å². The summed E-state index contributed by atoms with van der Waals surface area (Å²) in [6.07, 6.45) is 0.985. The fourth-order valence-electron chi connectivity index (χ4n) is 1.68. The van der Waals surface area contributed by atoms with Crippen LogP contribution < -0.4 is 5.32 Å². The number of nitrogens with zero attached hydrogens (tertiary/aromatic N) is 1. The summed E-state index contributed by atoms with van der Waals surface area (Å²) in [5, 5.41) is 3.26. The Morgan fingerprint density at radius 1 is 1.44 bits per heavy atom. The van der Waals surface area contributed by atoms with Crippen LogP contribution in [-0.2, 0) is 14.3 Å². The Labute approximate surface area is 97.1 Å². The topological polar surface area (TPSA) is 50.8 Å². The molecule has 1 amide bonds. The lowest BCUT2D eigenvalue weighted by molar-refractivity contribution is -0.138. The van der Waals surface area contributed by atoms with Gasteiger partial charge in [0.05, 0.1) is 12.7 Å². The van der Waals surface area contributed by atoms with Crippen LogP contribution in [0.4, 0.5) is 0 Å². The van der Waals surface area contributed by atoms with Gasteiger partial charge in [-0.25, -0.2) is 0 Å². The fraction of sp³-hybridized carbons (Fsp3) is 0.909. The molecule has 1 unspecified atom stereocenters. The second-order valence-corrected chi connectivity index (χ2v) is 4.06. The standard InChI is InChI=1S/C11H22N2O3/c1-10(8-15-2)16-9-11(14)13-6-3-4-12-5-7-13/h10,12H,3-9H2,1-2H3.